The number of nitro groups is 1. The van der Waals surface area contributed by atoms with Crippen molar-refractivity contribution >= 4 is 34.9 Å². The summed E-state index contributed by atoms with van der Waals surface area (Å²) in [6.07, 6.45) is 4.60. The molecule has 9 heteroatoms. The molecule has 0 spiro atoms. The molecule has 0 fully saturated rings. The van der Waals surface area contributed by atoms with E-state index in [2.05, 4.69) is 19.9 Å². The van der Waals surface area contributed by atoms with Gasteiger partial charge in [0.2, 0.25) is 0 Å². The van der Waals surface area contributed by atoms with Crippen LogP contribution in [0.15, 0.2) is 39.6 Å². The maximum absolute atomic E-state index is 10.5. The van der Waals surface area contributed by atoms with Gasteiger partial charge >= 0.3 is 5.88 Å². The fraction of sp³-hybridized carbons (Fsp3) is 0. The van der Waals surface area contributed by atoms with E-state index >= 15 is 0 Å². The Bertz CT molecular complexity index is 794. The molecule has 0 aliphatic heterocycles. The number of hydrogen-bond donors (Lipinski definition) is 1. The van der Waals surface area contributed by atoms with Gasteiger partial charge in [-0.05, 0) is 17.6 Å². The van der Waals surface area contributed by atoms with Crippen LogP contribution in [0.2, 0.25) is 0 Å². The minimum atomic E-state index is -0.580. The van der Waals surface area contributed by atoms with E-state index in [1.807, 2.05) is 0 Å². The minimum Gasteiger partial charge on any atom is -0.401 e. The third-order valence-electron chi connectivity index (χ3n) is 2.39. The third kappa shape index (κ3) is 2.38. The second-order valence-electron chi connectivity index (χ2n) is 3.63. The second kappa shape index (κ2) is 5.13. The first-order chi connectivity index (χ1) is 9.74. The van der Waals surface area contributed by atoms with Gasteiger partial charge in [0.15, 0.2) is 5.65 Å². The number of furan rings is 1. The van der Waals surface area contributed by atoms with Crippen molar-refractivity contribution in [2.75, 3.05) is 0 Å². The average Bonchev–Trinajstić information content (AvgIpc) is 3.07. The van der Waals surface area contributed by atoms with Crippen LogP contribution in [0, 0.1) is 10.1 Å². The Hall–Kier alpha value is -2.68. The highest BCUT2D eigenvalue weighted by molar-refractivity contribution is 8.02. The van der Waals surface area contributed by atoms with E-state index in [1.165, 1.54) is 30.2 Å². The predicted molar refractivity (Wildman–Crippen MR) is 71.9 cm³/mol. The van der Waals surface area contributed by atoms with Crippen LogP contribution in [-0.4, -0.2) is 24.9 Å². The Labute approximate surface area is 116 Å². The zero-order valence-electron chi connectivity index (χ0n) is 9.89. The van der Waals surface area contributed by atoms with Crippen molar-refractivity contribution in [1.82, 2.24) is 19.9 Å². The molecule has 0 saturated heterocycles. The predicted octanol–water partition coefficient (Wildman–Crippen LogP) is 2.62. The van der Waals surface area contributed by atoms with Crippen molar-refractivity contribution in [3.8, 4) is 0 Å². The summed E-state index contributed by atoms with van der Waals surface area (Å²) in [6.45, 7) is 0. The first-order valence-corrected chi connectivity index (χ1v) is 6.33. The molecular formula is C11H7N5O3S. The normalized spacial score (nSPS) is 11.4. The lowest BCUT2D eigenvalue weighted by Gasteiger charge is -1.95. The molecule has 3 aromatic heterocycles. The lowest BCUT2D eigenvalue weighted by molar-refractivity contribution is -0.402. The largest absolute Gasteiger partial charge is 0.433 e. The molecule has 0 radical (unpaired) electrons. The molecule has 0 aliphatic rings. The van der Waals surface area contributed by atoms with Crippen molar-refractivity contribution in [2.24, 2.45) is 0 Å². The monoisotopic (exact) mass is 289 g/mol. The van der Waals surface area contributed by atoms with Gasteiger partial charge in [0.1, 0.15) is 27.6 Å². The van der Waals surface area contributed by atoms with Gasteiger partial charge in [-0.3, -0.25) is 10.1 Å². The lowest BCUT2D eigenvalue weighted by Crippen LogP contribution is -1.84. The molecule has 0 amide bonds. The molecule has 0 atom stereocenters. The molecule has 0 unspecified atom stereocenters. The second-order valence-corrected chi connectivity index (χ2v) is 4.53. The number of fused-ring (bicyclic) bond motifs is 1. The fourth-order valence-electron chi connectivity index (χ4n) is 1.53. The molecule has 20 heavy (non-hydrogen) atoms. The van der Waals surface area contributed by atoms with Crippen LogP contribution in [0.5, 0.6) is 0 Å². The van der Waals surface area contributed by atoms with Crippen LogP contribution >= 0.6 is 11.8 Å². The summed E-state index contributed by atoms with van der Waals surface area (Å²) < 4.78 is 5.00. The number of rotatable bonds is 4. The SMILES string of the molecule is O=[N+]([O-])c1ccc(/C=C/Sc2ncnc3nc[nH]c23)o1. The highest BCUT2D eigenvalue weighted by atomic mass is 32.2. The maximum atomic E-state index is 10.5. The number of imidazole rings is 1. The van der Waals surface area contributed by atoms with E-state index in [0.29, 0.717) is 16.4 Å². The number of H-pyrrole nitrogens is 1. The summed E-state index contributed by atoms with van der Waals surface area (Å²) in [4.78, 5) is 25.0. The molecular weight excluding hydrogens is 282 g/mol. The highest BCUT2D eigenvalue weighted by Gasteiger charge is 2.10. The quantitative estimate of drug-likeness (QED) is 0.340. The molecule has 0 bridgehead atoms. The van der Waals surface area contributed by atoms with Crippen LogP contribution in [0.25, 0.3) is 17.2 Å². The van der Waals surface area contributed by atoms with Gasteiger partial charge in [-0.25, -0.2) is 15.0 Å². The Kier molecular flexibility index (Phi) is 3.17. The van der Waals surface area contributed by atoms with Crippen LogP contribution in [-0.2, 0) is 0 Å². The lowest BCUT2D eigenvalue weighted by atomic mass is 10.4. The van der Waals surface area contributed by atoms with Crippen molar-refractivity contribution < 1.29 is 9.34 Å². The Balaban J connectivity index is 1.76. The molecule has 0 aliphatic carbocycles. The van der Waals surface area contributed by atoms with Gasteiger partial charge in [0.25, 0.3) is 0 Å². The van der Waals surface area contributed by atoms with Crippen LogP contribution in [0.4, 0.5) is 5.88 Å². The van der Waals surface area contributed by atoms with E-state index < -0.39 is 4.92 Å². The summed E-state index contributed by atoms with van der Waals surface area (Å²) >= 11 is 1.33. The first-order valence-electron chi connectivity index (χ1n) is 5.45. The molecule has 0 aromatic carbocycles. The molecule has 3 aromatic rings. The number of aromatic amines is 1. The van der Waals surface area contributed by atoms with Crippen LogP contribution < -0.4 is 0 Å². The summed E-state index contributed by atoms with van der Waals surface area (Å²) in [6, 6.07) is 2.84. The molecule has 3 rings (SSSR count). The van der Waals surface area contributed by atoms with E-state index in [4.69, 9.17) is 4.42 Å². The zero-order chi connectivity index (χ0) is 13.9. The van der Waals surface area contributed by atoms with Gasteiger partial charge in [0, 0.05) is 0 Å². The molecule has 0 saturated carbocycles. The van der Waals surface area contributed by atoms with Crippen molar-refractivity contribution in [3.63, 3.8) is 0 Å². The van der Waals surface area contributed by atoms with E-state index in [1.54, 1.807) is 17.8 Å². The highest BCUT2D eigenvalue weighted by Crippen LogP contribution is 2.24. The van der Waals surface area contributed by atoms with E-state index in [-0.39, 0.29) is 5.88 Å². The topological polar surface area (TPSA) is 111 Å². The number of nitrogens with one attached hydrogen (secondary N) is 1. The smallest absolute Gasteiger partial charge is 0.401 e. The van der Waals surface area contributed by atoms with E-state index in [0.717, 1.165) is 5.52 Å². The van der Waals surface area contributed by atoms with Gasteiger partial charge in [0.05, 0.1) is 12.4 Å². The summed E-state index contributed by atoms with van der Waals surface area (Å²) in [5.41, 5.74) is 1.33. The van der Waals surface area contributed by atoms with Gasteiger partial charge < -0.3 is 9.40 Å². The van der Waals surface area contributed by atoms with Crippen LogP contribution in [0.3, 0.4) is 0 Å². The van der Waals surface area contributed by atoms with Crippen molar-refractivity contribution in [2.45, 2.75) is 5.03 Å². The number of hydrogen-bond acceptors (Lipinski definition) is 7. The standard InChI is InChI=1S/C11H7N5O3S/c17-16(18)8-2-1-7(19-8)3-4-20-11-9-10(13-5-12-9)14-6-15-11/h1-6H,(H,12,13,14,15)/b4-3+. The van der Waals surface area contributed by atoms with Crippen molar-refractivity contribution in [3.05, 3.63) is 46.1 Å². The minimum absolute atomic E-state index is 0.285. The molecule has 8 nitrogen and oxygen atoms in total. The fourth-order valence-corrected chi connectivity index (χ4v) is 2.23. The first kappa shape index (κ1) is 12.4. The Morgan fingerprint density at radius 1 is 1.35 bits per heavy atom. The zero-order valence-corrected chi connectivity index (χ0v) is 10.7. The third-order valence-corrected chi connectivity index (χ3v) is 3.20. The summed E-state index contributed by atoms with van der Waals surface area (Å²) in [5.74, 6) is 0.117. The van der Waals surface area contributed by atoms with Crippen molar-refractivity contribution in [1.29, 1.82) is 0 Å². The molecule has 1 N–H and O–H groups in total. The molecule has 3 heterocycles. The number of aromatic nitrogens is 4. The Morgan fingerprint density at radius 2 is 2.25 bits per heavy atom. The summed E-state index contributed by atoms with van der Waals surface area (Å²) in [7, 11) is 0. The Morgan fingerprint density at radius 3 is 3.05 bits per heavy atom. The van der Waals surface area contributed by atoms with Gasteiger partial charge in [-0.15, -0.1) is 0 Å². The van der Waals surface area contributed by atoms with Gasteiger partial charge in [-0.2, -0.15) is 0 Å². The van der Waals surface area contributed by atoms with E-state index in [9.17, 15) is 10.1 Å². The maximum Gasteiger partial charge on any atom is 0.433 e. The number of thioether (sulfide) groups is 1. The summed E-state index contributed by atoms with van der Waals surface area (Å²) in [5, 5.41) is 12.9. The van der Waals surface area contributed by atoms with Gasteiger partial charge in [-0.1, -0.05) is 11.8 Å². The number of nitrogens with zero attached hydrogens (tertiary/aromatic N) is 4. The van der Waals surface area contributed by atoms with Crippen LogP contribution in [0.1, 0.15) is 5.76 Å². The molecule has 100 valence electrons. The average molecular weight is 289 g/mol.